The van der Waals surface area contributed by atoms with E-state index in [0.717, 1.165) is 6.42 Å². The first-order valence-electron chi connectivity index (χ1n) is 5.67. The summed E-state index contributed by atoms with van der Waals surface area (Å²) in [5, 5.41) is 0. The zero-order valence-electron chi connectivity index (χ0n) is 9.38. The largest absolute Gasteiger partial charge is 0.465 e. The first-order chi connectivity index (χ1) is 6.50. The van der Waals surface area contributed by atoms with Gasteiger partial charge in [0.25, 0.3) is 0 Å². The molecule has 2 heteroatoms. The van der Waals surface area contributed by atoms with Crippen molar-refractivity contribution in [1.82, 2.24) is 0 Å². The molecule has 1 aliphatic carbocycles. The summed E-state index contributed by atoms with van der Waals surface area (Å²) in [5.41, 5.74) is 0.185. The van der Waals surface area contributed by atoms with Gasteiger partial charge in [-0.25, -0.2) is 0 Å². The molecule has 2 aliphatic rings. The number of fused-ring (bicyclic) bond motifs is 2. The van der Waals surface area contributed by atoms with E-state index in [1.165, 1.54) is 12.8 Å². The molecule has 0 spiro atoms. The van der Waals surface area contributed by atoms with Gasteiger partial charge in [-0.2, -0.15) is 0 Å². The van der Waals surface area contributed by atoms with Crippen LogP contribution in [-0.4, -0.2) is 12.6 Å². The Morgan fingerprint density at radius 1 is 1.36 bits per heavy atom. The summed E-state index contributed by atoms with van der Waals surface area (Å²) in [4.78, 5) is 11.7. The van der Waals surface area contributed by atoms with Gasteiger partial charge in [-0.3, -0.25) is 4.79 Å². The van der Waals surface area contributed by atoms with Crippen molar-refractivity contribution < 1.29 is 9.53 Å². The third kappa shape index (κ3) is 1.55. The van der Waals surface area contributed by atoms with E-state index in [1.807, 2.05) is 0 Å². The van der Waals surface area contributed by atoms with Crippen LogP contribution in [0.5, 0.6) is 0 Å². The highest BCUT2D eigenvalue weighted by Crippen LogP contribution is 2.45. The lowest BCUT2D eigenvalue weighted by molar-refractivity contribution is -0.150. The Balaban J connectivity index is 2.22. The Labute approximate surface area is 86.0 Å². The number of carbonyl (C=O) groups is 1. The van der Waals surface area contributed by atoms with E-state index in [4.69, 9.17) is 4.74 Å². The zero-order valence-corrected chi connectivity index (χ0v) is 9.38. The van der Waals surface area contributed by atoms with Crippen LogP contribution in [0.15, 0.2) is 0 Å². The van der Waals surface area contributed by atoms with Crippen molar-refractivity contribution >= 4 is 5.97 Å². The molecule has 0 aromatic heterocycles. The average molecular weight is 196 g/mol. The maximum Gasteiger partial charge on any atom is 0.309 e. The summed E-state index contributed by atoms with van der Waals surface area (Å²) in [6.45, 7) is 7.24. The number of hydrogen-bond acceptors (Lipinski definition) is 2. The van der Waals surface area contributed by atoms with E-state index < -0.39 is 0 Å². The third-order valence-corrected chi connectivity index (χ3v) is 4.19. The van der Waals surface area contributed by atoms with Crippen molar-refractivity contribution in [3.05, 3.63) is 0 Å². The Hall–Kier alpha value is -0.530. The lowest BCUT2D eigenvalue weighted by Crippen LogP contribution is -2.32. The fourth-order valence-electron chi connectivity index (χ4n) is 2.84. The SMILES string of the molecule is CC1CCC2CC1C(=O)OCC2(C)C. The molecule has 2 nitrogen and oxygen atoms in total. The average Bonchev–Trinajstić information content (AvgIpc) is 2.22. The van der Waals surface area contributed by atoms with Crippen LogP contribution >= 0.6 is 0 Å². The maximum absolute atomic E-state index is 11.7. The fraction of sp³-hybridized carbons (Fsp3) is 0.917. The van der Waals surface area contributed by atoms with Crippen molar-refractivity contribution in [2.24, 2.45) is 23.2 Å². The maximum atomic E-state index is 11.7. The van der Waals surface area contributed by atoms with Crippen LogP contribution in [-0.2, 0) is 9.53 Å². The molecule has 0 amide bonds. The number of rotatable bonds is 0. The van der Waals surface area contributed by atoms with Crippen LogP contribution in [0.4, 0.5) is 0 Å². The first kappa shape index (κ1) is 10.0. The topological polar surface area (TPSA) is 26.3 Å². The van der Waals surface area contributed by atoms with E-state index in [-0.39, 0.29) is 17.3 Å². The molecule has 3 atom stereocenters. The van der Waals surface area contributed by atoms with Gasteiger partial charge in [0.1, 0.15) is 0 Å². The molecular formula is C12H20O2. The third-order valence-electron chi connectivity index (χ3n) is 4.19. The van der Waals surface area contributed by atoms with E-state index in [1.54, 1.807) is 0 Å². The van der Waals surface area contributed by atoms with Gasteiger partial charge in [-0.1, -0.05) is 20.8 Å². The van der Waals surface area contributed by atoms with Gasteiger partial charge in [-0.15, -0.1) is 0 Å². The molecule has 0 aromatic rings. The standard InChI is InChI=1S/C12H20O2/c1-8-4-5-9-6-10(8)11(13)14-7-12(9,2)3/h8-10H,4-7H2,1-3H3. The van der Waals surface area contributed by atoms with Crippen LogP contribution < -0.4 is 0 Å². The lowest BCUT2D eigenvalue weighted by atomic mass is 9.66. The Morgan fingerprint density at radius 3 is 2.79 bits per heavy atom. The number of hydrogen-bond donors (Lipinski definition) is 0. The van der Waals surface area contributed by atoms with Gasteiger partial charge in [-0.05, 0) is 31.1 Å². The minimum atomic E-state index is 0.0489. The predicted molar refractivity (Wildman–Crippen MR) is 54.7 cm³/mol. The van der Waals surface area contributed by atoms with Gasteiger partial charge in [0.2, 0.25) is 0 Å². The summed E-state index contributed by atoms with van der Waals surface area (Å²) in [6, 6.07) is 0. The van der Waals surface area contributed by atoms with Crippen LogP contribution in [0.3, 0.4) is 0 Å². The van der Waals surface area contributed by atoms with E-state index >= 15 is 0 Å². The molecule has 0 radical (unpaired) electrons. The second-order valence-electron chi connectivity index (χ2n) is 5.69. The summed E-state index contributed by atoms with van der Waals surface area (Å²) < 4.78 is 5.36. The van der Waals surface area contributed by atoms with E-state index in [9.17, 15) is 4.79 Å². The van der Waals surface area contributed by atoms with Crippen LogP contribution in [0.25, 0.3) is 0 Å². The minimum absolute atomic E-state index is 0.0489. The molecule has 1 aliphatic heterocycles. The molecule has 1 saturated heterocycles. The minimum Gasteiger partial charge on any atom is -0.465 e. The van der Waals surface area contributed by atoms with Crippen LogP contribution in [0.1, 0.15) is 40.0 Å². The normalized spacial score (nSPS) is 41.4. The molecule has 2 fully saturated rings. The van der Waals surface area contributed by atoms with E-state index in [0.29, 0.717) is 18.4 Å². The van der Waals surface area contributed by atoms with E-state index in [2.05, 4.69) is 20.8 Å². The first-order valence-corrected chi connectivity index (χ1v) is 5.67. The molecule has 2 rings (SSSR count). The van der Waals surface area contributed by atoms with Gasteiger partial charge >= 0.3 is 5.97 Å². The second kappa shape index (κ2) is 3.25. The van der Waals surface area contributed by atoms with Crippen molar-refractivity contribution in [3.8, 4) is 0 Å². The molecule has 3 unspecified atom stereocenters. The predicted octanol–water partition coefficient (Wildman–Crippen LogP) is 2.62. The van der Waals surface area contributed by atoms with Gasteiger partial charge in [0.15, 0.2) is 0 Å². The van der Waals surface area contributed by atoms with Gasteiger partial charge < -0.3 is 4.74 Å². The van der Waals surface area contributed by atoms with Crippen molar-refractivity contribution in [2.45, 2.75) is 40.0 Å². The number of carbonyl (C=O) groups excluding carboxylic acids is 1. The quantitative estimate of drug-likeness (QED) is 0.557. The summed E-state index contributed by atoms with van der Waals surface area (Å²) in [7, 11) is 0. The monoisotopic (exact) mass is 196 g/mol. The smallest absolute Gasteiger partial charge is 0.309 e. The van der Waals surface area contributed by atoms with Crippen molar-refractivity contribution in [1.29, 1.82) is 0 Å². The highest BCUT2D eigenvalue weighted by molar-refractivity contribution is 5.73. The molecule has 0 aromatic carbocycles. The summed E-state index contributed by atoms with van der Waals surface area (Å²) >= 11 is 0. The highest BCUT2D eigenvalue weighted by atomic mass is 16.5. The Bertz CT molecular complexity index is 245. The molecule has 1 heterocycles. The Kier molecular flexibility index (Phi) is 2.32. The highest BCUT2D eigenvalue weighted by Gasteiger charge is 2.43. The second-order valence-corrected chi connectivity index (χ2v) is 5.69. The molecule has 1 saturated carbocycles. The zero-order chi connectivity index (χ0) is 10.3. The van der Waals surface area contributed by atoms with Gasteiger partial charge in [0, 0.05) is 5.41 Å². The lowest BCUT2D eigenvalue weighted by Gasteiger charge is -2.36. The van der Waals surface area contributed by atoms with Crippen LogP contribution in [0, 0.1) is 23.2 Å². The van der Waals surface area contributed by atoms with Crippen molar-refractivity contribution in [2.75, 3.05) is 6.61 Å². The van der Waals surface area contributed by atoms with Crippen LogP contribution in [0.2, 0.25) is 0 Å². The van der Waals surface area contributed by atoms with Crippen molar-refractivity contribution in [3.63, 3.8) is 0 Å². The Morgan fingerprint density at radius 2 is 2.07 bits per heavy atom. The molecule has 80 valence electrons. The number of cyclic esters (lactones) is 1. The summed E-state index contributed by atoms with van der Waals surface area (Å²) in [6.07, 6.45) is 3.50. The molecule has 2 bridgehead atoms. The number of esters is 1. The fourth-order valence-corrected chi connectivity index (χ4v) is 2.84. The molecule has 0 N–H and O–H groups in total. The number of ether oxygens (including phenoxy) is 1. The summed E-state index contributed by atoms with van der Waals surface area (Å²) in [5.74, 6) is 1.42. The molecular weight excluding hydrogens is 176 g/mol. The van der Waals surface area contributed by atoms with Gasteiger partial charge in [0.05, 0.1) is 12.5 Å². The molecule has 14 heavy (non-hydrogen) atoms.